The fourth-order valence-corrected chi connectivity index (χ4v) is 4.49. The second-order valence-electron chi connectivity index (χ2n) is 8.50. The summed E-state index contributed by atoms with van der Waals surface area (Å²) in [5.74, 6) is -1.21. The number of aliphatic hydroxyl groups excluding tert-OH is 2. The fourth-order valence-electron chi connectivity index (χ4n) is 4.29. The molecule has 1 aromatic heterocycles. The molecule has 0 saturated heterocycles. The molecule has 1 heterocycles. The summed E-state index contributed by atoms with van der Waals surface area (Å²) in [5.41, 5.74) is 7.88. The van der Waals surface area contributed by atoms with E-state index < -0.39 is 17.8 Å². The van der Waals surface area contributed by atoms with Crippen LogP contribution in [0.2, 0.25) is 5.02 Å². The molecule has 5 N–H and O–H groups in total. The quantitative estimate of drug-likeness (QED) is 0.419. The minimum Gasteiger partial charge on any atom is -0.394 e. The summed E-state index contributed by atoms with van der Waals surface area (Å²) < 4.78 is 15.0. The minimum atomic E-state index is -0.752. The maximum absolute atomic E-state index is 15.0. The minimum absolute atomic E-state index is 0.0624. The van der Waals surface area contributed by atoms with Crippen LogP contribution in [0.15, 0.2) is 48.7 Å². The van der Waals surface area contributed by atoms with Gasteiger partial charge in [-0.25, -0.2) is 14.4 Å². The maximum Gasteiger partial charge on any atom is 0.254 e. The number of carbonyl (C=O) groups excluding carboxylic acids is 1. The number of benzene rings is 2. The Labute approximate surface area is 201 Å². The van der Waals surface area contributed by atoms with Crippen molar-refractivity contribution in [3.63, 3.8) is 0 Å². The number of rotatable bonds is 6. The summed E-state index contributed by atoms with van der Waals surface area (Å²) in [6, 6.07) is 10.1. The van der Waals surface area contributed by atoms with Crippen molar-refractivity contribution in [3.05, 3.63) is 76.3 Å². The number of anilines is 1. The Hall–Kier alpha value is -3.07. The van der Waals surface area contributed by atoms with Gasteiger partial charge in [-0.3, -0.25) is 4.79 Å². The molecule has 1 aliphatic rings. The van der Waals surface area contributed by atoms with Crippen LogP contribution in [0.3, 0.4) is 0 Å². The normalized spacial score (nSPS) is 18.9. The molecule has 0 bridgehead atoms. The van der Waals surface area contributed by atoms with Crippen molar-refractivity contribution in [1.29, 1.82) is 0 Å². The average molecular weight is 485 g/mol. The highest BCUT2D eigenvalue weighted by Crippen LogP contribution is 2.34. The first-order valence-electron chi connectivity index (χ1n) is 11.1. The van der Waals surface area contributed by atoms with Crippen molar-refractivity contribution in [1.82, 2.24) is 15.3 Å². The maximum atomic E-state index is 15.0. The number of carbonyl (C=O) groups is 1. The van der Waals surface area contributed by atoms with Crippen LogP contribution in [0.4, 0.5) is 10.2 Å². The molecule has 1 aliphatic carbocycles. The van der Waals surface area contributed by atoms with Gasteiger partial charge in [0.15, 0.2) is 0 Å². The molecule has 0 aliphatic heterocycles. The molecule has 7 nitrogen and oxygen atoms in total. The van der Waals surface area contributed by atoms with Crippen LogP contribution in [0, 0.1) is 5.82 Å². The largest absolute Gasteiger partial charge is 0.394 e. The zero-order valence-electron chi connectivity index (χ0n) is 18.4. The Bertz CT molecular complexity index is 1190. The van der Waals surface area contributed by atoms with Gasteiger partial charge >= 0.3 is 0 Å². The van der Waals surface area contributed by atoms with E-state index in [4.69, 9.17) is 17.3 Å². The second kappa shape index (κ2) is 10.5. The van der Waals surface area contributed by atoms with Gasteiger partial charge in [0.05, 0.1) is 36.2 Å². The number of amides is 1. The van der Waals surface area contributed by atoms with Crippen molar-refractivity contribution in [2.75, 3.05) is 12.3 Å². The van der Waals surface area contributed by atoms with Gasteiger partial charge in [-0.1, -0.05) is 36.2 Å². The molecule has 0 radical (unpaired) electrons. The third-order valence-corrected chi connectivity index (χ3v) is 6.35. The van der Waals surface area contributed by atoms with Gasteiger partial charge in [0.25, 0.3) is 5.91 Å². The molecule has 34 heavy (non-hydrogen) atoms. The van der Waals surface area contributed by atoms with Crippen molar-refractivity contribution >= 4 is 23.3 Å². The van der Waals surface area contributed by atoms with Gasteiger partial charge in [0.1, 0.15) is 17.3 Å². The van der Waals surface area contributed by atoms with Crippen molar-refractivity contribution in [2.45, 2.75) is 43.7 Å². The predicted molar refractivity (Wildman–Crippen MR) is 128 cm³/mol. The van der Waals surface area contributed by atoms with Crippen LogP contribution in [-0.4, -0.2) is 38.8 Å². The van der Waals surface area contributed by atoms with E-state index in [1.54, 1.807) is 36.5 Å². The first-order valence-corrected chi connectivity index (χ1v) is 11.5. The number of hydrogen-bond acceptors (Lipinski definition) is 6. The molecule has 1 amide bonds. The van der Waals surface area contributed by atoms with E-state index in [1.807, 2.05) is 0 Å². The number of nitrogen functional groups attached to an aromatic ring is 1. The van der Waals surface area contributed by atoms with Crippen LogP contribution in [0.5, 0.6) is 0 Å². The summed E-state index contributed by atoms with van der Waals surface area (Å²) >= 11 is 5.99. The lowest BCUT2D eigenvalue weighted by Gasteiger charge is -2.25. The third kappa shape index (κ3) is 5.35. The second-order valence-corrected chi connectivity index (χ2v) is 8.94. The zero-order valence-corrected chi connectivity index (χ0v) is 19.2. The van der Waals surface area contributed by atoms with Crippen LogP contribution < -0.4 is 11.1 Å². The first-order chi connectivity index (χ1) is 16.4. The van der Waals surface area contributed by atoms with Gasteiger partial charge < -0.3 is 21.3 Å². The van der Waals surface area contributed by atoms with Gasteiger partial charge in [-0.2, -0.15) is 0 Å². The Kier molecular flexibility index (Phi) is 7.41. The summed E-state index contributed by atoms with van der Waals surface area (Å²) in [4.78, 5) is 21.6. The topological polar surface area (TPSA) is 121 Å². The standard InChI is InChI=1S/C25H26ClFN4O3/c26-17-5-1-3-14(9-17)22(13-32)31-25(34)19-8-7-16(11-20(19)27)23-24(28)29-12-21(30-23)15-4-2-6-18(33)10-15/h1,3,5,7-9,11-12,15,18,22,32-33H,2,4,6,10,13H2,(H2,28,29)(H,31,34)/t15-,18+,22+/m0/s1. The molecule has 178 valence electrons. The lowest BCUT2D eigenvalue weighted by molar-refractivity contribution is 0.0912. The van der Waals surface area contributed by atoms with Gasteiger partial charge in [-0.15, -0.1) is 0 Å². The van der Waals surface area contributed by atoms with Crippen LogP contribution in [0.1, 0.15) is 59.3 Å². The van der Waals surface area contributed by atoms with E-state index in [9.17, 15) is 19.4 Å². The number of nitrogens with two attached hydrogens (primary N) is 1. The first kappa shape index (κ1) is 24.1. The third-order valence-electron chi connectivity index (χ3n) is 6.11. The van der Waals surface area contributed by atoms with E-state index in [-0.39, 0.29) is 30.0 Å². The molecule has 0 spiro atoms. The van der Waals surface area contributed by atoms with Crippen molar-refractivity contribution in [2.24, 2.45) is 0 Å². The average Bonchev–Trinajstić information content (AvgIpc) is 2.82. The molecule has 9 heteroatoms. The number of aliphatic hydroxyl groups is 2. The highest BCUT2D eigenvalue weighted by Gasteiger charge is 2.24. The smallest absolute Gasteiger partial charge is 0.254 e. The zero-order chi connectivity index (χ0) is 24.2. The van der Waals surface area contributed by atoms with E-state index in [0.717, 1.165) is 19.3 Å². The molecular weight excluding hydrogens is 459 g/mol. The van der Waals surface area contributed by atoms with Gasteiger partial charge in [-0.05, 0) is 49.1 Å². The number of hydrogen-bond donors (Lipinski definition) is 4. The van der Waals surface area contributed by atoms with E-state index in [0.29, 0.717) is 34.0 Å². The molecular formula is C25H26ClFN4O3. The molecule has 1 fully saturated rings. The Morgan fingerprint density at radius 3 is 2.79 bits per heavy atom. The summed E-state index contributed by atoms with van der Waals surface area (Å²) in [6.45, 7) is -0.374. The highest BCUT2D eigenvalue weighted by atomic mass is 35.5. The number of aromatic nitrogens is 2. The Balaban J connectivity index is 1.56. The van der Waals surface area contributed by atoms with E-state index in [2.05, 4.69) is 15.3 Å². The monoisotopic (exact) mass is 484 g/mol. The SMILES string of the molecule is Nc1ncc([C@H]2CCC[C@@H](O)C2)nc1-c1ccc(C(=O)N[C@H](CO)c2cccc(Cl)c2)c(F)c1. The molecule has 4 rings (SSSR count). The fraction of sp³-hybridized carbons (Fsp3) is 0.320. The predicted octanol–water partition coefficient (Wildman–Crippen LogP) is 4.00. The lowest BCUT2D eigenvalue weighted by atomic mass is 9.85. The molecule has 3 aromatic rings. The highest BCUT2D eigenvalue weighted by molar-refractivity contribution is 6.30. The Morgan fingerprint density at radius 1 is 1.26 bits per heavy atom. The summed E-state index contributed by atoms with van der Waals surface area (Å²) in [6.07, 6.45) is 4.40. The Morgan fingerprint density at radius 2 is 2.09 bits per heavy atom. The lowest BCUT2D eigenvalue weighted by Crippen LogP contribution is -2.31. The van der Waals surface area contributed by atoms with E-state index in [1.165, 1.54) is 12.1 Å². The summed E-state index contributed by atoms with van der Waals surface area (Å²) in [7, 11) is 0. The van der Waals surface area contributed by atoms with Crippen molar-refractivity contribution in [3.8, 4) is 11.3 Å². The molecule has 1 saturated carbocycles. The molecule has 0 unspecified atom stereocenters. The van der Waals surface area contributed by atoms with Crippen LogP contribution in [-0.2, 0) is 0 Å². The van der Waals surface area contributed by atoms with Gasteiger partial charge in [0, 0.05) is 16.5 Å². The number of nitrogens with one attached hydrogen (secondary N) is 1. The van der Waals surface area contributed by atoms with Gasteiger partial charge in [0.2, 0.25) is 0 Å². The molecule has 2 aromatic carbocycles. The number of halogens is 2. The summed E-state index contributed by atoms with van der Waals surface area (Å²) in [5, 5.41) is 22.8. The number of nitrogens with zero attached hydrogens (tertiary/aromatic N) is 2. The van der Waals surface area contributed by atoms with Crippen LogP contribution in [0.25, 0.3) is 11.3 Å². The van der Waals surface area contributed by atoms with Crippen LogP contribution >= 0.6 is 11.6 Å². The molecule has 3 atom stereocenters. The van der Waals surface area contributed by atoms with E-state index >= 15 is 0 Å². The van der Waals surface area contributed by atoms with Crippen molar-refractivity contribution < 1.29 is 19.4 Å².